The van der Waals surface area contributed by atoms with Crippen LogP contribution in [0.5, 0.6) is 0 Å². The van der Waals surface area contributed by atoms with Crippen molar-refractivity contribution in [2.24, 2.45) is 0 Å². The monoisotopic (exact) mass is 383 g/mol. The normalized spacial score (nSPS) is 11.6. The molecular formula is C15H18IN3O. The fraction of sp³-hybridized carbons (Fsp3) is 0.333. The lowest BCUT2D eigenvalue weighted by atomic mass is 9.83. The fourth-order valence-electron chi connectivity index (χ4n) is 2.01. The highest BCUT2D eigenvalue weighted by Gasteiger charge is 2.27. The number of rotatable bonds is 4. The molecule has 2 rings (SSSR count). The zero-order valence-corrected chi connectivity index (χ0v) is 14.0. The summed E-state index contributed by atoms with van der Waals surface area (Å²) >= 11 is 2.16. The Morgan fingerprint density at radius 1 is 1.20 bits per heavy atom. The van der Waals surface area contributed by atoms with E-state index in [1.54, 1.807) is 7.11 Å². The molecule has 0 saturated heterocycles. The lowest BCUT2D eigenvalue weighted by Gasteiger charge is -2.24. The molecule has 0 spiro atoms. The first-order valence-corrected chi connectivity index (χ1v) is 7.41. The Balaban J connectivity index is 2.52. The molecule has 0 radical (unpaired) electrons. The van der Waals surface area contributed by atoms with Gasteiger partial charge in [-0.15, -0.1) is 0 Å². The molecule has 0 saturated carbocycles. The van der Waals surface area contributed by atoms with Crippen molar-refractivity contribution in [3.05, 3.63) is 51.0 Å². The van der Waals surface area contributed by atoms with Crippen LogP contribution in [0.4, 0.5) is 5.82 Å². The molecule has 0 unspecified atom stereocenters. The van der Waals surface area contributed by atoms with Crippen LogP contribution in [0.15, 0.2) is 30.3 Å². The molecule has 5 heteroatoms. The minimum Gasteiger partial charge on any atom is -0.383 e. The molecule has 4 nitrogen and oxygen atoms in total. The summed E-state index contributed by atoms with van der Waals surface area (Å²) in [5.41, 5.74) is 7.70. The van der Waals surface area contributed by atoms with Gasteiger partial charge in [-0.25, -0.2) is 9.97 Å². The number of hydrogen-bond acceptors (Lipinski definition) is 4. The number of anilines is 1. The maximum Gasteiger partial charge on any atom is 0.141 e. The summed E-state index contributed by atoms with van der Waals surface area (Å²) < 4.78 is 6.04. The largest absolute Gasteiger partial charge is 0.383 e. The van der Waals surface area contributed by atoms with Crippen LogP contribution in [0.1, 0.15) is 30.9 Å². The number of methoxy groups -OCH3 is 1. The number of nitrogen functional groups attached to an aromatic ring is 1. The van der Waals surface area contributed by atoms with E-state index in [1.165, 1.54) is 0 Å². The average Bonchev–Trinajstić information content (AvgIpc) is 2.44. The molecule has 0 bridgehead atoms. The molecule has 20 heavy (non-hydrogen) atoms. The Hall–Kier alpha value is -1.21. The number of benzene rings is 1. The van der Waals surface area contributed by atoms with Crippen LogP contribution in [-0.4, -0.2) is 17.1 Å². The molecule has 1 heterocycles. The van der Waals surface area contributed by atoms with Gasteiger partial charge in [0.05, 0.1) is 15.9 Å². The van der Waals surface area contributed by atoms with Crippen molar-refractivity contribution in [3.63, 3.8) is 0 Å². The second-order valence-corrected chi connectivity index (χ2v) is 6.20. The smallest absolute Gasteiger partial charge is 0.141 e. The second kappa shape index (κ2) is 6.05. The predicted molar refractivity (Wildman–Crippen MR) is 88.4 cm³/mol. The Bertz CT molecular complexity index is 600. The highest BCUT2D eigenvalue weighted by Crippen LogP contribution is 2.30. The van der Waals surface area contributed by atoms with Gasteiger partial charge in [0.15, 0.2) is 0 Å². The first-order chi connectivity index (χ1) is 9.46. The van der Waals surface area contributed by atoms with E-state index in [-0.39, 0.29) is 5.41 Å². The maximum atomic E-state index is 6.01. The summed E-state index contributed by atoms with van der Waals surface area (Å²) in [6.45, 7) is 4.63. The minimum absolute atomic E-state index is 0.303. The van der Waals surface area contributed by atoms with E-state index in [4.69, 9.17) is 10.5 Å². The summed E-state index contributed by atoms with van der Waals surface area (Å²) in [7, 11) is 1.65. The molecule has 2 N–H and O–H groups in total. The van der Waals surface area contributed by atoms with Crippen molar-refractivity contribution < 1.29 is 4.74 Å². The summed E-state index contributed by atoms with van der Waals surface area (Å²) in [6.07, 6.45) is 0. The Kier molecular flexibility index (Phi) is 4.59. The summed E-state index contributed by atoms with van der Waals surface area (Å²) in [4.78, 5) is 9.11. The van der Waals surface area contributed by atoms with Crippen molar-refractivity contribution >= 4 is 28.4 Å². The predicted octanol–water partition coefficient (Wildman–Crippen LogP) is 3.14. The van der Waals surface area contributed by atoms with Crippen LogP contribution in [0.25, 0.3) is 0 Å². The molecule has 0 amide bonds. The van der Waals surface area contributed by atoms with Gasteiger partial charge in [-0.05, 0) is 42.0 Å². The van der Waals surface area contributed by atoms with Crippen LogP contribution < -0.4 is 5.73 Å². The number of nitrogens with zero attached hydrogens (tertiary/aromatic N) is 2. The lowest BCUT2D eigenvalue weighted by Crippen LogP contribution is -2.24. The Morgan fingerprint density at radius 2 is 1.85 bits per heavy atom. The third-order valence-corrected chi connectivity index (χ3v) is 4.46. The number of nitrogens with two attached hydrogens (primary N) is 1. The van der Waals surface area contributed by atoms with Gasteiger partial charge >= 0.3 is 0 Å². The van der Waals surface area contributed by atoms with Gasteiger partial charge in [-0.1, -0.05) is 30.3 Å². The van der Waals surface area contributed by atoms with Crippen molar-refractivity contribution in [1.29, 1.82) is 0 Å². The number of hydrogen-bond donors (Lipinski definition) is 1. The average molecular weight is 383 g/mol. The van der Waals surface area contributed by atoms with E-state index in [1.807, 2.05) is 18.2 Å². The molecule has 2 aromatic rings. The van der Waals surface area contributed by atoms with Crippen molar-refractivity contribution in [3.8, 4) is 0 Å². The molecule has 0 aliphatic carbocycles. The number of aromatic nitrogens is 2. The van der Waals surface area contributed by atoms with Gasteiger partial charge in [0.2, 0.25) is 0 Å². The van der Waals surface area contributed by atoms with Crippen LogP contribution in [0.3, 0.4) is 0 Å². The molecule has 0 atom stereocenters. The van der Waals surface area contributed by atoms with E-state index in [9.17, 15) is 0 Å². The van der Waals surface area contributed by atoms with Gasteiger partial charge < -0.3 is 10.5 Å². The fourth-order valence-corrected chi connectivity index (χ4v) is 2.41. The molecule has 0 fully saturated rings. The number of halogens is 1. The van der Waals surface area contributed by atoms with Gasteiger partial charge in [0.25, 0.3) is 0 Å². The first kappa shape index (κ1) is 15.2. The third-order valence-electron chi connectivity index (χ3n) is 3.28. The second-order valence-electron chi connectivity index (χ2n) is 5.12. The van der Waals surface area contributed by atoms with Gasteiger partial charge in [-0.3, -0.25) is 0 Å². The van der Waals surface area contributed by atoms with Gasteiger partial charge in [0, 0.05) is 12.5 Å². The molecule has 1 aromatic heterocycles. The van der Waals surface area contributed by atoms with Crippen molar-refractivity contribution in [1.82, 2.24) is 9.97 Å². The van der Waals surface area contributed by atoms with Crippen molar-refractivity contribution in [2.75, 3.05) is 12.8 Å². The van der Waals surface area contributed by atoms with Gasteiger partial charge in [0.1, 0.15) is 11.6 Å². The summed E-state index contributed by atoms with van der Waals surface area (Å²) in [6, 6.07) is 10.2. The quantitative estimate of drug-likeness (QED) is 0.825. The molecule has 106 valence electrons. The minimum atomic E-state index is -0.303. The van der Waals surface area contributed by atoms with Crippen LogP contribution >= 0.6 is 22.6 Å². The molecular weight excluding hydrogens is 365 g/mol. The molecule has 0 aliphatic rings. The van der Waals surface area contributed by atoms with E-state index in [2.05, 4.69) is 58.5 Å². The van der Waals surface area contributed by atoms with E-state index >= 15 is 0 Å². The highest BCUT2D eigenvalue weighted by atomic mass is 127. The third kappa shape index (κ3) is 2.93. The Morgan fingerprint density at radius 3 is 2.45 bits per heavy atom. The van der Waals surface area contributed by atoms with Crippen LogP contribution in [0.2, 0.25) is 0 Å². The first-order valence-electron chi connectivity index (χ1n) is 6.33. The topological polar surface area (TPSA) is 61.0 Å². The van der Waals surface area contributed by atoms with E-state index < -0.39 is 0 Å². The number of ether oxygens (including phenoxy) is 1. The maximum absolute atomic E-state index is 6.01. The zero-order chi connectivity index (χ0) is 14.8. The van der Waals surface area contributed by atoms with Crippen LogP contribution in [-0.2, 0) is 16.8 Å². The summed E-state index contributed by atoms with van der Waals surface area (Å²) in [5, 5.41) is 0. The Labute approximate surface area is 132 Å². The lowest BCUT2D eigenvalue weighted by molar-refractivity contribution is 0.180. The summed E-state index contributed by atoms with van der Waals surface area (Å²) in [5.74, 6) is 1.22. The standard InChI is InChI=1S/C15H18IN3O/c1-15(2,10-7-5-4-6-8-10)14-18-11(9-20-3)12(16)13(17)19-14/h4-8H,9H2,1-3H3,(H2,17,18,19). The SMILES string of the molecule is COCc1nc(C(C)(C)c2ccccc2)nc(N)c1I. The van der Waals surface area contributed by atoms with Crippen molar-refractivity contribution in [2.45, 2.75) is 25.9 Å². The molecule has 1 aromatic carbocycles. The zero-order valence-electron chi connectivity index (χ0n) is 11.9. The highest BCUT2D eigenvalue weighted by molar-refractivity contribution is 14.1. The molecule has 0 aliphatic heterocycles. The van der Waals surface area contributed by atoms with E-state index in [0.717, 1.165) is 14.8 Å². The van der Waals surface area contributed by atoms with Gasteiger partial charge in [-0.2, -0.15) is 0 Å². The van der Waals surface area contributed by atoms with Crippen LogP contribution in [0, 0.1) is 3.57 Å². The van der Waals surface area contributed by atoms with E-state index in [0.29, 0.717) is 18.2 Å².